The molecule has 116 valence electrons. The number of fused-ring (bicyclic) bond motifs is 1. The molecule has 0 saturated heterocycles. The number of hydrogen-bond acceptors (Lipinski definition) is 2. The minimum absolute atomic E-state index is 0.303. The number of rotatable bonds is 5. The van der Waals surface area contributed by atoms with E-state index in [1.165, 1.54) is 16.8 Å². The summed E-state index contributed by atoms with van der Waals surface area (Å²) in [5.41, 5.74) is 5.02. The maximum atomic E-state index is 10.5. The van der Waals surface area contributed by atoms with Crippen LogP contribution in [-0.4, -0.2) is 18.2 Å². The van der Waals surface area contributed by atoms with E-state index in [4.69, 9.17) is 0 Å². The zero-order valence-corrected chi connectivity index (χ0v) is 13.5. The Kier molecular flexibility index (Phi) is 4.49. The smallest absolute Gasteiger partial charge is 0.0827 e. The Morgan fingerprint density at radius 1 is 1.00 bits per heavy atom. The van der Waals surface area contributed by atoms with Crippen LogP contribution < -0.4 is 4.90 Å². The second-order valence-corrected chi connectivity index (χ2v) is 6.15. The molecule has 2 aromatic rings. The molecule has 0 saturated carbocycles. The fraction of sp³-hybridized carbons (Fsp3) is 0.400. The molecule has 0 bridgehead atoms. The van der Waals surface area contributed by atoms with Gasteiger partial charge in [0.2, 0.25) is 0 Å². The van der Waals surface area contributed by atoms with Crippen molar-refractivity contribution in [2.45, 2.75) is 32.8 Å². The molecule has 0 unspecified atom stereocenters. The minimum atomic E-state index is -0.321. The van der Waals surface area contributed by atoms with Crippen LogP contribution in [0.25, 0.3) is 0 Å². The summed E-state index contributed by atoms with van der Waals surface area (Å²) in [6.07, 6.45) is 1.60. The largest absolute Gasteiger partial charge is 0.388 e. The van der Waals surface area contributed by atoms with E-state index >= 15 is 0 Å². The van der Waals surface area contributed by atoms with E-state index in [1.54, 1.807) is 0 Å². The second kappa shape index (κ2) is 6.53. The van der Waals surface area contributed by atoms with Crippen LogP contribution in [0.2, 0.25) is 0 Å². The van der Waals surface area contributed by atoms with Crippen molar-refractivity contribution in [1.82, 2.24) is 0 Å². The first-order chi connectivity index (χ1) is 10.7. The van der Waals surface area contributed by atoms with Gasteiger partial charge in [-0.15, -0.1) is 0 Å². The predicted molar refractivity (Wildman–Crippen MR) is 92.3 cm³/mol. The fourth-order valence-corrected chi connectivity index (χ4v) is 3.57. The standard InChI is InChI=1S/C20H25NO/c1-3-21(4-2)18-11-9-15(10-12-18)13-17-14-16-7-5-6-8-19(16)20(17)22/h5-12,17,20,22H,3-4,13-14H2,1-2H3/t17-,20+/m0/s1. The quantitative estimate of drug-likeness (QED) is 0.902. The lowest BCUT2D eigenvalue weighted by atomic mass is 9.94. The number of benzene rings is 2. The maximum absolute atomic E-state index is 10.5. The lowest BCUT2D eigenvalue weighted by molar-refractivity contribution is 0.123. The van der Waals surface area contributed by atoms with Crippen LogP contribution >= 0.6 is 0 Å². The van der Waals surface area contributed by atoms with Gasteiger partial charge >= 0.3 is 0 Å². The molecule has 0 spiro atoms. The highest BCUT2D eigenvalue weighted by Gasteiger charge is 2.30. The highest BCUT2D eigenvalue weighted by atomic mass is 16.3. The molecule has 0 heterocycles. The average molecular weight is 295 g/mol. The van der Waals surface area contributed by atoms with Crippen LogP contribution in [0.4, 0.5) is 5.69 Å². The van der Waals surface area contributed by atoms with Gasteiger partial charge in [0.25, 0.3) is 0 Å². The first-order valence-corrected chi connectivity index (χ1v) is 8.32. The summed E-state index contributed by atoms with van der Waals surface area (Å²) in [6, 6.07) is 17.1. The second-order valence-electron chi connectivity index (χ2n) is 6.15. The van der Waals surface area contributed by atoms with E-state index < -0.39 is 0 Å². The van der Waals surface area contributed by atoms with Gasteiger partial charge in [0, 0.05) is 18.8 Å². The van der Waals surface area contributed by atoms with Gasteiger partial charge in [-0.05, 0) is 61.4 Å². The molecular formula is C20H25NO. The van der Waals surface area contributed by atoms with E-state index in [-0.39, 0.29) is 6.10 Å². The molecule has 1 aliphatic rings. The zero-order chi connectivity index (χ0) is 15.5. The molecule has 0 fully saturated rings. The first kappa shape index (κ1) is 15.1. The molecule has 0 aliphatic heterocycles. The van der Waals surface area contributed by atoms with Gasteiger partial charge < -0.3 is 10.0 Å². The number of hydrogen-bond donors (Lipinski definition) is 1. The van der Waals surface area contributed by atoms with Crippen molar-refractivity contribution in [3.63, 3.8) is 0 Å². The molecule has 2 aromatic carbocycles. The van der Waals surface area contributed by atoms with Gasteiger partial charge in [-0.25, -0.2) is 0 Å². The van der Waals surface area contributed by atoms with Gasteiger partial charge in [-0.1, -0.05) is 36.4 Å². The Hall–Kier alpha value is -1.80. The Labute approximate surface area is 133 Å². The van der Waals surface area contributed by atoms with Crippen LogP contribution in [0.5, 0.6) is 0 Å². The van der Waals surface area contributed by atoms with E-state index in [0.29, 0.717) is 5.92 Å². The Morgan fingerprint density at radius 3 is 2.32 bits per heavy atom. The molecule has 22 heavy (non-hydrogen) atoms. The topological polar surface area (TPSA) is 23.5 Å². The minimum Gasteiger partial charge on any atom is -0.388 e. The van der Waals surface area contributed by atoms with E-state index in [9.17, 15) is 5.11 Å². The number of aliphatic hydroxyl groups excluding tert-OH is 1. The van der Waals surface area contributed by atoms with Gasteiger partial charge in [-0.3, -0.25) is 0 Å². The maximum Gasteiger partial charge on any atom is 0.0827 e. The van der Waals surface area contributed by atoms with Crippen LogP contribution in [-0.2, 0) is 12.8 Å². The van der Waals surface area contributed by atoms with Crippen molar-refractivity contribution in [3.05, 3.63) is 65.2 Å². The highest BCUT2D eigenvalue weighted by Crippen LogP contribution is 2.37. The van der Waals surface area contributed by atoms with E-state index in [0.717, 1.165) is 31.5 Å². The van der Waals surface area contributed by atoms with Gasteiger partial charge in [0.15, 0.2) is 0 Å². The summed E-state index contributed by atoms with van der Waals surface area (Å²) in [4.78, 5) is 2.35. The third-order valence-corrected chi connectivity index (χ3v) is 4.87. The van der Waals surface area contributed by atoms with Crippen molar-refractivity contribution >= 4 is 5.69 Å². The summed E-state index contributed by atoms with van der Waals surface area (Å²) < 4.78 is 0. The molecule has 3 rings (SSSR count). The number of nitrogens with zero attached hydrogens (tertiary/aromatic N) is 1. The van der Waals surface area contributed by atoms with Crippen molar-refractivity contribution in [2.24, 2.45) is 5.92 Å². The third kappa shape index (κ3) is 2.89. The Balaban J connectivity index is 1.70. The van der Waals surface area contributed by atoms with Crippen molar-refractivity contribution in [1.29, 1.82) is 0 Å². The van der Waals surface area contributed by atoms with Gasteiger partial charge in [0.1, 0.15) is 0 Å². The summed E-state index contributed by atoms with van der Waals surface area (Å²) in [7, 11) is 0. The average Bonchev–Trinajstić information content (AvgIpc) is 2.87. The highest BCUT2D eigenvalue weighted by molar-refractivity contribution is 5.47. The van der Waals surface area contributed by atoms with Gasteiger partial charge in [-0.2, -0.15) is 0 Å². The predicted octanol–water partition coefficient (Wildman–Crippen LogP) is 3.98. The summed E-state index contributed by atoms with van der Waals surface area (Å²) in [5, 5.41) is 10.5. The lowest BCUT2D eigenvalue weighted by Gasteiger charge is -2.21. The lowest BCUT2D eigenvalue weighted by Crippen LogP contribution is -2.21. The summed E-state index contributed by atoms with van der Waals surface area (Å²) >= 11 is 0. The third-order valence-electron chi connectivity index (χ3n) is 4.87. The van der Waals surface area contributed by atoms with Crippen molar-refractivity contribution in [2.75, 3.05) is 18.0 Å². The zero-order valence-electron chi connectivity index (χ0n) is 13.5. The molecule has 2 nitrogen and oxygen atoms in total. The Morgan fingerprint density at radius 2 is 1.68 bits per heavy atom. The molecule has 1 aliphatic carbocycles. The number of aliphatic hydroxyl groups is 1. The van der Waals surface area contributed by atoms with Crippen LogP contribution in [0, 0.1) is 5.92 Å². The molecule has 2 heteroatoms. The molecule has 2 atom stereocenters. The summed E-state index contributed by atoms with van der Waals surface area (Å²) in [5.74, 6) is 0.303. The van der Waals surface area contributed by atoms with Crippen LogP contribution in [0.3, 0.4) is 0 Å². The Bertz CT molecular complexity index is 616. The monoisotopic (exact) mass is 295 g/mol. The van der Waals surface area contributed by atoms with Crippen LogP contribution in [0.1, 0.15) is 36.6 Å². The van der Waals surface area contributed by atoms with E-state index in [1.807, 2.05) is 6.07 Å². The molecule has 0 aromatic heterocycles. The number of anilines is 1. The first-order valence-electron chi connectivity index (χ1n) is 8.32. The summed E-state index contributed by atoms with van der Waals surface area (Å²) in [6.45, 7) is 6.44. The molecule has 0 radical (unpaired) electrons. The molecule has 1 N–H and O–H groups in total. The van der Waals surface area contributed by atoms with Crippen molar-refractivity contribution < 1.29 is 5.11 Å². The fourth-order valence-electron chi connectivity index (χ4n) is 3.57. The van der Waals surface area contributed by atoms with Crippen LogP contribution in [0.15, 0.2) is 48.5 Å². The van der Waals surface area contributed by atoms with E-state index in [2.05, 4.69) is 61.2 Å². The molecule has 0 amide bonds. The SMILES string of the molecule is CCN(CC)c1ccc(C[C@H]2Cc3ccccc3[C@@H]2O)cc1. The normalized spacial score (nSPS) is 20.0. The molecular weight excluding hydrogens is 270 g/mol. The van der Waals surface area contributed by atoms with Crippen molar-refractivity contribution in [3.8, 4) is 0 Å². The van der Waals surface area contributed by atoms with Gasteiger partial charge in [0.05, 0.1) is 6.10 Å².